The lowest BCUT2D eigenvalue weighted by Crippen LogP contribution is -2.22. The van der Waals surface area contributed by atoms with E-state index < -0.39 is 0 Å². The molecule has 0 unspecified atom stereocenters. The van der Waals surface area contributed by atoms with Crippen LogP contribution in [-0.2, 0) is 0 Å². The Labute approximate surface area is 79.7 Å². The zero-order valence-corrected chi connectivity index (χ0v) is 8.25. The molecule has 0 radical (unpaired) electrons. The van der Waals surface area contributed by atoms with Crippen LogP contribution in [0.5, 0.6) is 0 Å². The number of para-hydroxylation sites is 1. The van der Waals surface area contributed by atoms with Crippen molar-refractivity contribution in [3.05, 3.63) is 29.8 Å². The second kappa shape index (κ2) is 4.65. The Morgan fingerprint density at radius 3 is 2.38 bits per heavy atom. The normalized spacial score (nSPS) is 9.69. The SMILES string of the molecule is CCN(CC)c1ccccc1C=N. The summed E-state index contributed by atoms with van der Waals surface area (Å²) in [6.45, 7) is 6.23. The van der Waals surface area contributed by atoms with Crippen LogP contribution in [0.15, 0.2) is 24.3 Å². The van der Waals surface area contributed by atoms with E-state index in [9.17, 15) is 0 Å². The van der Waals surface area contributed by atoms with Crippen molar-refractivity contribution < 1.29 is 0 Å². The lowest BCUT2D eigenvalue weighted by Gasteiger charge is -2.22. The van der Waals surface area contributed by atoms with E-state index >= 15 is 0 Å². The van der Waals surface area contributed by atoms with E-state index in [2.05, 4.69) is 24.8 Å². The van der Waals surface area contributed by atoms with Crippen molar-refractivity contribution in [2.75, 3.05) is 18.0 Å². The quantitative estimate of drug-likeness (QED) is 0.701. The Morgan fingerprint density at radius 2 is 1.85 bits per heavy atom. The van der Waals surface area contributed by atoms with E-state index in [1.54, 1.807) is 0 Å². The van der Waals surface area contributed by atoms with Crippen LogP contribution in [0, 0.1) is 5.41 Å². The van der Waals surface area contributed by atoms with Crippen LogP contribution in [0.2, 0.25) is 0 Å². The second-order valence-electron chi connectivity index (χ2n) is 2.88. The Bertz CT molecular complexity index is 277. The highest BCUT2D eigenvalue weighted by Crippen LogP contribution is 2.17. The molecule has 0 aliphatic rings. The molecule has 0 aliphatic heterocycles. The van der Waals surface area contributed by atoms with Crippen molar-refractivity contribution in [1.29, 1.82) is 5.41 Å². The number of benzene rings is 1. The van der Waals surface area contributed by atoms with E-state index in [1.165, 1.54) is 6.21 Å². The number of hydrogen-bond donors (Lipinski definition) is 1. The molecule has 0 atom stereocenters. The molecule has 0 amide bonds. The van der Waals surface area contributed by atoms with Crippen LogP contribution in [0.25, 0.3) is 0 Å². The maximum atomic E-state index is 7.28. The van der Waals surface area contributed by atoms with Crippen molar-refractivity contribution in [2.45, 2.75) is 13.8 Å². The summed E-state index contributed by atoms with van der Waals surface area (Å²) in [5.41, 5.74) is 2.15. The summed E-state index contributed by atoms with van der Waals surface area (Å²) in [7, 11) is 0. The molecule has 2 heteroatoms. The fraction of sp³-hybridized carbons (Fsp3) is 0.364. The highest BCUT2D eigenvalue weighted by atomic mass is 15.1. The van der Waals surface area contributed by atoms with E-state index in [-0.39, 0.29) is 0 Å². The highest BCUT2D eigenvalue weighted by Gasteiger charge is 2.04. The molecule has 0 saturated heterocycles. The molecular formula is C11H16N2. The minimum Gasteiger partial charge on any atom is -0.372 e. The Kier molecular flexibility index (Phi) is 3.50. The molecule has 0 aliphatic carbocycles. The predicted molar refractivity (Wildman–Crippen MR) is 57.9 cm³/mol. The summed E-state index contributed by atoms with van der Waals surface area (Å²) in [6.07, 6.45) is 1.41. The highest BCUT2D eigenvalue weighted by molar-refractivity contribution is 5.86. The molecule has 0 spiro atoms. The average Bonchev–Trinajstić information content (AvgIpc) is 2.20. The number of rotatable bonds is 4. The van der Waals surface area contributed by atoms with Crippen LogP contribution in [-0.4, -0.2) is 19.3 Å². The van der Waals surface area contributed by atoms with E-state index in [0.717, 1.165) is 24.3 Å². The van der Waals surface area contributed by atoms with Gasteiger partial charge >= 0.3 is 0 Å². The van der Waals surface area contributed by atoms with E-state index in [1.807, 2.05) is 18.2 Å². The number of nitrogens with one attached hydrogen (secondary N) is 1. The second-order valence-corrected chi connectivity index (χ2v) is 2.88. The molecule has 0 aromatic heterocycles. The fourth-order valence-corrected chi connectivity index (χ4v) is 1.46. The molecule has 1 rings (SSSR count). The maximum absolute atomic E-state index is 7.28. The van der Waals surface area contributed by atoms with Gasteiger partial charge in [-0.2, -0.15) is 0 Å². The van der Waals surface area contributed by atoms with Gasteiger partial charge in [-0.05, 0) is 19.9 Å². The minimum atomic E-state index is 0.987. The van der Waals surface area contributed by atoms with Gasteiger partial charge in [0.15, 0.2) is 0 Å². The van der Waals surface area contributed by atoms with Crippen LogP contribution in [0.3, 0.4) is 0 Å². The molecule has 13 heavy (non-hydrogen) atoms. The summed E-state index contributed by atoms with van der Waals surface area (Å²) in [4.78, 5) is 2.25. The van der Waals surface area contributed by atoms with E-state index in [4.69, 9.17) is 5.41 Å². The van der Waals surface area contributed by atoms with Crippen LogP contribution in [0.1, 0.15) is 19.4 Å². The molecule has 1 aromatic carbocycles. The summed E-state index contributed by atoms with van der Waals surface area (Å²) in [5, 5.41) is 7.28. The smallest absolute Gasteiger partial charge is 0.0454 e. The number of nitrogens with zero attached hydrogens (tertiary/aromatic N) is 1. The van der Waals surface area contributed by atoms with Gasteiger partial charge in [0.25, 0.3) is 0 Å². The van der Waals surface area contributed by atoms with Gasteiger partial charge in [-0.25, -0.2) is 0 Å². The number of anilines is 1. The molecule has 1 aromatic rings. The monoisotopic (exact) mass is 176 g/mol. The third-order valence-corrected chi connectivity index (χ3v) is 2.20. The van der Waals surface area contributed by atoms with Gasteiger partial charge in [0, 0.05) is 30.6 Å². The lowest BCUT2D eigenvalue weighted by atomic mass is 10.1. The average molecular weight is 176 g/mol. The van der Waals surface area contributed by atoms with Gasteiger partial charge in [0.1, 0.15) is 0 Å². The van der Waals surface area contributed by atoms with E-state index in [0.29, 0.717) is 0 Å². The van der Waals surface area contributed by atoms with Gasteiger partial charge in [0.2, 0.25) is 0 Å². The molecule has 1 N–H and O–H groups in total. The first-order valence-electron chi connectivity index (χ1n) is 4.67. The van der Waals surface area contributed by atoms with Crippen molar-refractivity contribution >= 4 is 11.9 Å². The predicted octanol–water partition coefficient (Wildman–Crippen LogP) is 2.53. The first-order valence-corrected chi connectivity index (χ1v) is 4.67. The molecule has 70 valence electrons. The number of hydrogen-bond acceptors (Lipinski definition) is 2. The first kappa shape index (κ1) is 9.78. The van der Waals surface area contributed by atoms with Crippen molar-refractivity contribution in [3.8, 4) is 0 Å². The summed E-state index contributed by atoms with van der Waals surface area (Å²) < 4.78 is 0. The molecule has 0 saturated carbocycles. The van der Waals surface area contributed by atoms with Gasteiger partial charge in [-0.15, -0.1) is 0 Å². The minimum absolute atomic E-state index is 0.987. The maximum Gasteiger partial charge on any atom is 0.0454 e. The van der Waals surface area contributed by atoms with Gasteiger partial charge < -0.3 is 10.3 Å². The topological polar surface area (TPSA) is 27.1 Å². The van der Waals surface area contributed by atoms with Gasteiger partial charge in [-0.1, -0.05) is 18.2 Å². The molecule has 0 heterocycles. The molecule has 0 bridgehead atoms. The molecular weight excluding hydrogens is 160 g/mol. The van der Waals surface area contributed by atoms with Crippen molar-refractivity contribution in [2.24, 2.45) is 0 Å². The lowest BCUT2D eigenvalue weighted by molar-refractivity contribution is 0.865. The van der Waals surface area contributed by atoms with Crippen LogP contribution < -0.4 is 4.90 Å². The summed E-state index contributed by atoms with van der Waals surface area (Å²) >= 11 is 0. The third kappa shape index (κ3) is 2.08. The zero-order chi connectivity index (χ0) is 9.68. The largest absolute Gasteiger partial charge is 0.372 e. The summed E-state index contributed by atoms with van der Waals surface area (Å²) in [6, 6.07) is 8.02. The van der Waals surface area contributed by atoms with Gasteiger partial charge in [-0.3, -0.25) is 0 Å². The van der Waals surface area contributed by atoms with Crippen molar-refractivity contribution in [3.63, 3.8) is 0 Å². The summed E-state index contributed by atoms with van der Waals surface area (Å²) in [5.74, 6) is 0. The molecule has 0 fully saturated rings. The standard InChI is InChI=1S/C11H16N2/c1-3-13(4-2)11-8-6-5-7-10(11)9-12/h5-9,12H,3-4H2,1-2H3. The van der Waals surface area contributed by atoms with Crippen LogP contribution in [0.4, 0.5) is 5.69 Å². The first-order chi connectivity index (χ1) is 6.33. The Hall–Kier alpha value is -1.31. The molecule has 2 nitrogen and oxygen atoms in total. The third-order valence-electron chi connectivity index (χ3n) is 2.20. The Morgan fingerprint density at radius 1 is 1.23 bits per heavy atom. The Balaban J connectivity index is 3.03. The zero-order valence-electron chi connectivity index (χ0n) is 8.25. The van der Waals surface area contributed by atoms with Gasteiger partial charge in [0.05, 0.1) is 0 Å². The van der Waals surface area contributed by atoms with Crippen molar-refractivity contribution in [1.82, 2.24) is 0 Å². The van der Waals surface area contributed by atoms with Crippen LogP contribution >= 0.6 is 0 Å². The fourth-order valence-electron chi connectivity index (χ4n) is 1.46.